The summed E-state index contributed by atoms with van der Waals surface area (Å²) in [6.45, 7) is 3.11. The molecule has 0 aromatic heterocycles. The predicted octanol–water partition coefficient (Wildman–Crippen LogP) is 2.31. The van der Waals surface area contributed by atoms with Crippen molar-refractivity contribution in [1.29, 1.82) is 0 Å². The smallest absolute Gasteiger partial charge is 0.161 e. The maximum Gasteiger partial charge on any atom is 0.161 e. The third kappa shape index (κ3) is 4.02. The molecule has 0 atom stereocenters. The molecule has 17 heavy (non-hydrogen) atoms. The minimum absolute atomic E-state index is 0.0503. The third-order valence-electron chi connectivity index (χ3n) is 2.44. The number of aliphatic hydroxyl groups is 1. The van der Waals surface area contributed by atoms with Crippen molar-refractivity contribution in [3.63, 3.8) is 0 Å². The Morgan fingerprint density at radius 1 is 1.06 bits per heavy atom. The molecule has 1 rings (SSSR count). The molecule has 0 radical (unpaired) electrons. The first-order chi connectivity index (χ1) is 8.08. The monoisotopic (exact) mass is 247 g/mol. The highest BCUT2D eigenvalue weighted by molar-refractivity contribution is 5.20. The van der Waals surface area contributed by atoms with Gasteiger partial charge in [-0.05, 0) is 19.0 Å². The van der Waals surface area contributed by atoms with Gasteiger partial charge < -0.3 is 5.11 Å². The van der Waals surface area contributed by atoms with E-state index < -0.39 is 17.5 Å². The van der Waals surface area contributed by atoms with Crippen LogP contribution in [0.1, 0.15) is 18.9 Å². The van der Waals surface area contributed by atoms with Crippen LogP contribution in [-0.2, 0) is 6.54 Å². The molecule has 0 amide bonds. The molecule has 5 heteroatoms. The van der Waals surface area contributed by atoms with Gasteiger partial charge in [0.05, 0.1) is 6.61 Å². The number of nitrogens with zero attached hydrogens (tertiary/aromatic N) is 1. The Morgan fingerprint density at radius 3 is 2.29 bits per heavy atom. The second-order valence-corrected chi connectivity index (χ2v) is 3.86. The van der Waals surface area contributed by atoms with Gasteiger partial charge in [0.15, 0.2) is 11.6 Å². The van der Waals surface area contributed by atoms with E-state index in [4.69, 9.17) is 5.11 Å². The van der Waals surface area contributed by atoms with E-state index in [1.54, 1.807) is 4.90 Å². The fraction of sp³-hybridized carbons (Fsp3) is 0.500. The number of benzene rings is 1. The second kappa shape index (κ2) is 6.61. The van der Waals surface area contributed by atoms with Crippen molar-refractivity contribution < 1.29 is 18.3 Å². The van der Waals surface area contributed by atoms with E-state index in [0.717, 1.165) is 12.5 Å². The molecule has 0 aliphatic carbocycles. The second-order valence-electron chi connectivity index (χ2n) is 3.86. The molecule has 0 heterocycles. The molecule has 96 valence electrons. The van der Waals surface area contributed by atoms with E-state index in [1.165, 1.54) is 0 Å². The van der Waals surface area contributed by atoms with E-state index in [0.29, 0.717) is 19.2 Å². The SMILES string of the molecule is CCCN(CCO)Cc1cc(F)c(F)cc1F. The van der Waals surface area contributed by atoms with E-state index in [2.05, 4.69) is 0 Å². The molecular formula is C12H16F3NO. The van der Waals surface area contributed by atoms with E-state index in [1.807, 2.05) is 6.92 Å². The Hall–Kier alpha value is -1.07. The van der Waals surface area contributed by atoms with Gasteiger partial charge in [-0.1, -0.05) is 6.92 Å². The van der Waals surface area contributed by atoms with Crippen molar-refractivity contribution in [1.82, 2.24) is 4.90 Å². The largest absolute Gasteiger partial charge is 0.395 e. The van der Waals surface area contributed by atoms with Gasteiger partial charge in [-0.3, -0.25) is 4.90 Å². The van der Waals surface area contributed by atoms with Crippen molar-refractivity contribution in [2.24, 2.45) is 0 Å². The molecule has 0 fully saturated rings. The number of aliphatic hydroxyl groups excluding tert-OH is 1. The zero-order valence-electron chi connectivity index (χ0n) is 9.72. The van der Waals surface area contributed by atoms with Gasteiger partial charge in [-0.15, -0.1) is 0 Å². The van der Waals surface area contributed by atoms with Crippen LogP contribution >= 0.6 is 0 Å². The molecule has 0 aliphatic heterocycles. The third-order valence-corrected chi connectivity index (χ3v) is 2.44. The quantitative estimate of drug-likeness (QED) is 0.780. The fourth-order valence-corrected chi connectivity index (χ4v) is 1.65. The van der Waals surface area contributed by atoms with E-state index in [-0.39, 0.29) is 18.7 Å². The zero-order valence-corrected chi connectivity index (χ0v) is 9.72. The molecule has 1 aromatic carbocycles. The van der Waals surface area contributed by atoms with Crippen molar-refractivity contribution in [3.8, 4) is 0 Å². The summed E-state index contributed by atoms with van der Waals surface area (Å²) in [4.78, 5) is 1.79. The first-order valence-electron chi connectivity index (χ1n) is 5.55. The zero-order chi connectivity index (χ0) is 12.8. The van der Waals surface area contributed by atoms with Gasteiger partial charge in [-0.25, -0.2) is 13.2 Å². The molecule has 1 N–H and O–H groups in total. The highest BCUT2D eigenvalue weighted by Crippen LogP contribution is 2.15. The summed E-state index contributed by atoms with van der Waals surface area (Å²) < 4.78 is 39.1. The van der Waals surface area contributed by atoms with Crippen molar-refractivity contribution in [2.45, 2.75) is 19.9 Å². The van der Waals surface area contributed by atoms with Crippen LogP contribution in [0.3, 0.4) is 0 Å². The summed E-state index contributed by atoms with van der Waals surface area (Å²) in [6, 6.07) is 1.42. The van der Waals surface area contributed by atoms with Crippen LogP contribution in [0.15, 0.2) is 12.1 Å². The Balaban J connectivity index is 2.81. The van der Waals surface area contributed by atoms with Crippen LogP contribution in [0, 0.1) is 17.5 Å². The summed E-state index contributed by atoms with van der Waals surface area (Å²) in [6.07, 6.45) is 0.839. The molecular weight excluding hydrogens is 231 g/mol. The molecule has 1 aromatic rings. The Morgan fingerprint density at radius 2 is 1.71 bits per heavy atom. The molecule has 0 saturated heterocycles. The minimum atomic E-state index is -1.18. The van der Waals surface area contributed by atoms with Gasteiger partial charge >= 0.3 is 0 Å². The highest BCUT2D eigenvalue weighted by atomic mass is 19.2. The van der Waals surface area contributed by atoms with Crippen molar-refractivity contribution >= 4 is 0 Å². The highest BCUT2D eigenvalue weighted by Gasteiger charge is 2.12. The summed E-state index contributed by atoms with van der Waals surface area (Å²) in [5.74, 6) is -3.00. The van der Waals surface area contributed by atoms with Crippen LogP contribution in [-0.4, -0.2) is 29.7 Å². The molecule has 0 saturated carbocycles. The van der Waals surface area contributed by atoms with Gasteiger partial charge in [-0.2, -0.15) is 0 Å². The van der Waals surface area contributed by atoms with Crippen LogP contribution in [0.2, 0.25) is 0 Å². The van der Waals surface area contributed by atoms with E-state index >= 15 is 0 Å². The lowest BCUT2D eigenvalue weighted by molar-refractivity contribution is 0.188. The topological polar surface area (TPSA) is 23.5 Å². The van der Waals surface area contributed by atoms with Crippen LogP contribution in [0.5, 0.6) is 0 Å². The normalized spacial score (nSPS) is 11.2. The maximum absolute atomic E-state index is 13.4. The van der Waals surface area contributed by atoms with Gasteiger partial charge in [0.2, 0.25) is 0 Å². The predicted molar refractivity (Wildman–Crippen MR) is 59.0 cm³/mol. The van der Waals surface area contributed by atoms with Gasteiger partial charge in [0.25, 0.3) is 0 Å². The molecule has 0 spiro atoms. The first-order valence-corrected chi connectivity index (χ1v) is 5.55. The molecule has 2 nitrogen and oxygen atoms in total. The number of rotatable bonds is 6. The van der Waals surface area contributed by atoms with E-state index in [9.17, 15) is 13.2 Å². The average molecular weight is 247 g/mol. The molecule has 0 unspecified atom stereocenters. The van der Waals surface area contributed by atoms with Crippen molar-refractivity contribution in [2.75, 3.05) is 19.7 Å². The van der Waals surface area contributed by atoms with Gasteiger partial charge in [0, 0.05) is 24.7 Å². The summed E-state index contributed by atoms with van der Waals surface area (Å²) >= 11 is 0. The number of halogens is 3. The van der Waals surface area contributed by atoms with Crippen LogP contribution in [0.4, 0.5) is 13.2 Å². The summed E-state index contributed by atoms with van der Waals surface area (Å²) in [7, 11) is 0. The van der Waals surface area contributed by atoms with Crippen molar-refractivity contribution in [3.05, 3.63) is 35.1 Å². The van der Waals surface area contributed by atoms with Crippen LogP contribution in [0.25, 0.3) is 0 Å². The standard InChI is InChI=1S/C12H16F3NO/c1-2-3-16(4-5-17)8-9-6-11(14)12(15)7-10(9)13/h6-7,17H,2-5,8H2,1H3. The Labute approximate surface area is 98.7 Å². The lowest BCUT2D eigenvalue weighted by atomic mass is 10.2. The number of hydrogen-bond acceptors (Lipinski definition) is 2. The minimum Gasteiger partial charge on any atom is -0.395 e. The fourth-order valence-electron chi connectivity index (χ4n) is 1.65. The maximum atomic E-state index is 13.4. The Kier molecular flexibility index (Phi) is 5.44. The number of hydrogen-bond donors (Lipinski definition) is 1. The summed E-state index contributed by atoms with van der Waals surface area (Å²) in [5.41, 5.74) is 0.103. The Bertz CT molecular complexity index is 365. The van der Waals surface area contributed by atoms with Gasteiger partial charge in [0.1, 0.15) is 5.82 Å². The lowest BCUT2D eigenvalue weighted by Gasteiger charge is -2.20. The summed E-state index contributed by atoms with van der Waals surface area (Å²) in [5, 5.41) is 8.84. The molecule has 0 bridgehead atoms. The first kappa shape index (κ1) is 14.0. The molecule has 0 aliphatic rings. The lowest BCUT2D eigenvalue weighted by Crippen LogP contribution is -2.27. The average Bonchev–Trinajstić information content (AvgIpc) is 2.26. The van der Waals surface area contributed by atoms with Crippen LogP contribution < -0.4 is 0 Å².